The number of hydrogen-bond acceptors (Lipinski definition) is 4. The van der Waals surface area contributed by atoms with Gasteiger partial charge in [0.2, 0.25) is 11.8 Å². The van der Waals surface area contributed by atoms with Crippen LogP contribution < -0.4 is 10.6 Å². The first-order valence-corrected chi connectivity index (χ1v) is 11.7. The van der Waals surface area contributed by atoms with E-state index in [0.717, 1.165) is 30.8 Å². The van der Waals surface area contributed by atoms with Crippen LogP contribution in [0, 0.1) is 0 Å². The lowest BCUT2D eigenvalue weighted by atomic mass is 10.1. The molecule has 0 aromatic heterocycles. The van der Waals surface area contributed by atoms with Gasteiger partial charge in [0.05, 0.1) is 10.9 Å². The normalized spacial score (nSPS) is 18.5. The fourth-order valence-corrected chi connectivity index (χ4v) is 5.05. The van der Waals surface area contributed by atoms with Crippen molar-refractivity contribution in [1.29, 1.82) is 0 Å². The summed E-state index contributed by atoms with van der Waals surface area (Å²) in [6, 6.07) is 12.2. The van der Waals surface area contributed by atoms with E-state index in [1.807, 2.05) is 11.0 Å². The molecule has 0 aliphatic carbocycles. The molecule has 8 heteroatoms. The van der Waals surface area contributed by atoms with Gasteiger partial charge in [0, 0.05) is 40.7 Å². The van der Waals surface area contributed by atoms with Crippen LogP contribution >= 0.6 is 23.4 Å². The zero-order chi connectivity index (χ0) is 21.8. The monoisotopic (exact) mass is 457 g/mol. The Morgan fingerprint density at radius 1 is 1.06 bits per heavy atom. The molecule has 2 aliphatic heterocycles. The summed E-state index contributed by atoms with van der Waals surface area (Å²) in [5.41, 5.74) is 1.90. The molecule has 162 valence electrons. The van der Waals surface area contributed by atoms with Gasteiger partial charge in [-0.15, -0.1) is 11.8 Å². The van der Waals surface area contributed by atoms with Crippen LogP contribution in [-0.4, -0.2) is 41.0 Å². The van der Waals surface area contributed by atoms with Gasteiger partial charge in [-0.2, -0.15) is 0 Å². The van der Waals surface area contributed by atoms with Crippen LogP contribution in [0.4, 0.5) is 11.4 Å². The molecule has 1 saturated heterocycles. The highest BCUT2D eigenvalue weighted by Crippen LogP contribution is 2.38. The van der Waals surface area contributed by atoms with Crippen LogP contribution in [-0.2, 0) is 9.59 Å². The first kappa shape index (κ1) is 21.7. The largest absolute Gasteiger partial charge is 0.339 e. The fourth-order valence-electron chi connectivity index (χ4n) is 3.79. The molecule has 31 heavy (non-hydrogen) atoms. The topological polar surface area (TPSA) is 78.5 Å². The number of rotatable bonds is 4. The van der Waals surface area contributed by atoms with Crippen molar-refractivity contribution in [2.45, 2.75) is 42.2 Å². The predicted octanol–water partition coefficient (Wildman–Crippen LogP) is 4.80. The highest BCUT2D eigenvalue weighted by molar-refractivity contribution is 8.01. The second-order valence-electron chi connectivity index (χ2n) is 7.77. The molecule has 1 unspecified atom stereocenters. The quantitative estimate of drug-likeness (QED) is 0.691. The van der Waals surface area contributed by atoms with Gasteiger partial charge >= 0.3 is 0 Å². The molecule has 2 aliphatic rings. The molecule has 0 bridgehead atoms. The molecule has 2 heterocycles. The second-order valence-corrected chi connectivity index (χ2v) is 9.45. The molecule has 2 N–H and O–H groups in total. The van der Waals surface area contributed by atoms with Gasteiger partial charge in [-0.05, 0) is 55.3 Å². The van der Waals surface area contributed by atoms with Crippen LogP contribution in [0.15, 0.2) is 47.4 Å². The minimum atomic E-state index is -0.516. The van der Waals surface area contributed by atoms with Gasteiger partial charge in [0.15, 0.2) is 0 Å². The van der Waals surface area contributed by atoms with E-state index in [9.17, 15) is 14.4 Å². The summed E-state index contributed by atoms with van der Waals surface area (Å²) in [4.78, 5) is 40.3. The first-order valence-electron chi connectivity index (χ1n) is 10.5. The Bertz CT molecular complexity index is 988. The van der Waals surface area contributed by atoms with Crippen molar-refractivity contribution in [3.8, 4) is 0 Å². The first-order chi connectivity index (χ1) is 15.0. The highest BCUT2D eigenvalue weighted by Gasteiger charge is 2.29. The van der Waals surface area contributed by atoms with E-state index in [0.29, 0.717) is 22.0 Å². The van der Waals surface area contributed by atoms with Crippen LogP contribution in [0.5, 0.6) is 0 Å². The maximum Gasteiger partial charge on any atom is 0.253 e. The van der Waals surface area contributed by atoms with E-state index in [2.05, 4.69) is 10.6 Å². The number of nitrogens with one attached hydrogen (secondary N) is 2. The Balaban J connectivity index is 1.34. The molecule has 0 spiro atoms. The molecule has 4 rings (SSSR count). The van der Waals surface area contributed by atoms with Crippen molar-refractivity contribution < 1.29 is 14.4 Å². The van der Waals surface area contributed by atoms with E-state index in [4.69, 9.17) is 11.6 Å². The molecule has 1 fully saturated rings. The minimum Gasteiger partial charge on any atom is -0.339 e. The molecular weight excluding hydrogens is 434 g/mol. The smallest absolute Gasteiger partial charge is 0.253 e. The number of amides is 3. The van der Waals surface area contributed by atoms with Gasteiger partial charge in [0.25, 0.3) is 5.91 Å². The molecule has 0 radical (unpaired) electrons. The van der Waals surface area contributed by atoms with Gasteiger partial charge in [-0.1, -0.05) is 24.4 Å². The van der Waals surface area contributed by atoms with Crippen molar-refractivity contribution in [1.82, 2.24) is 4.90 Å². The SMILES string of the molecule is O=C(CC1Sc2ccc(Cl)cc2NC1=O)Nc1ccc(C(=O)N2CCCCCC2)cc1. The fraction of sp³-hybridized carbons (Fsp3) is 0.348. The Labute approximate surface area is 190 Å². The van der Waals surface area contributed by atoms with E-state index >= 15 is 0 Å². The number of thioether (sulfide) groups is 1. The summed E-state index contributed by atoms with van der Waals surface area (Å²) >= 11 is 7.32. The van der Waals surface area contributed by atoms with Gasteiger partial charge < -0.3 is 15.5 Å². The number of fused-ring (bicyclic) bond motifs is 1. The molecule has 1 atom stereocenters. The zero-order valence-electron chi connectivity index (χ0n) is 17.0. The Kier molecular flexibility index (Phi) is 6.83. The Hall–Kier alpha value is -2.51. The molecule has 2 aromatic carbocycles. The number of anilines is 2. The number of hydrogen-bond donors (Lipinski definition) is 2. The third-order valence-corrected chi connectivity index (χ3v) is 6.95. The summed E-state index contributed by atoms with van der Waals surface area (Å²) in [5, 5.41) is 5.66. The van der Waals surface area contributed by atoms with Crippen LogP contribution in [0.1, 0.15) is 42.5 Å². The third kappa shape index (κ3) is 5.40. The number of nitrogens with zero attached hydrogens (tertiary/aromatic N) is 1. The van der Waals surface area contributed by atoms with Crippen molar-refractivity contribution >= 4 is 52.5 Å². The van der Waals surface area contributed by atoms with Crippen LogP contribution in [0.3, 0.4) is 0 Å². The lowest BCUT2D eigenvalue weighted by Gasteiger charge is -2.24. The Morgan fingerprint density at radius 2 is 1.77 bits per heavy atom. The molecule has 0 saturated carbocycles. The molecular formula is C23H24ClN3O3S. The van der Waals surface area contributed by atoms with E-state index in [1.165, 1.54) is 24.6 Å². The predicted molar refractivity (Wildman–Crippen MR) is 124 cm³/mol. The summed E-state index contributed by atoms with van der Waals surface area (Å²) < 4.78 is 0. The summed E-state index contributed by atoms with van der Waals surface area (Å²) in [7, 11) is 0. The maximum absolute atomic E-state index is 12.7. The number of benzene rings is 2. The average molecular weight is 458 g/mol. The van der Waals surface area contributed by atoms with Crippen molar-refractivity contribution in [3.05, 3.63) is 53.1 Å². The van der Waals surface area contributed by atoms with E-state index < -0.39 is 5.25 Å². The second kappa shape index (κ2) is 9.75. The lowest BCUT2D eigenvalue weighted by molar-refractivity contribution is -0.120. The average Bonchev–Trinajstić information content (AvgIpc) is 3.04. The standard InChI is InChI=1S/C23H24ClN3O3S/c24-16-7-10-19-18(13-16)26-22(29)20(31-19)14-21(28)25-17-8-5-15(6-9-17)23(30)27-11-3-1-2-4-12-27/h5-10,13,20H,1-4,11-12,14H2,(H,25,28)(H,26,29). The lowest BCUT2D eigenvalue weighted by Crippen LogP contribution is -2.32. The van der Waals surface area contributed by atoms with E-state index in [1.54, 1.807) is 36.4 Å². The van der Waals surface area contributed by atoms with Crippen LogP contribution in [0.2, 0.25) is 5.02 Å². The molecule has 2 aromatic rings. The molecule has 3 amide bonds. The van der Waals surface area contributed by atoms with Crippen LogP contribution in [0.25, 0.3) is 0 Å². The van der Waals surface area contributed by atoms with Gasteiger partial charge in [-0.25, -0.2) is 0 Å². The van der Waals surface area contributed by atoms with E-state index in [-0.39, 0.29) is 24.1 Å². The number of carbonyl (C=O) groups is 3. The number of halogens is 1. The number of carbonyl (C=O) groups excluding carboxylic acids is 3. The minimum absolute atomic E-state index is 0.0359. The van der Waals surface area contributed by atoms with Crippen molar-refractivity contribution in [2.75, 3.05) is 23.7 Å². The summed E-state index contributed by atoms with van der Waals surface area (Å²) in [6.07, 6.45) is 4.48. The maximum atomic E-state index is 12.7. The highest BCUT2D eigenvalue weighted by atomic mass is 35.5. The number of likely N-dealkylation sites (tertiary alicyclic amines) is 1. The van der Waals surface area contributed by atoms with Gasteiger partial charge in [0.1, 0.15) is 0 Å². The summed E-state index contributed by atoms with van der Waals surface area (Å²) in [5.74, 6) is -0.432. The third-order valence-electron chi connectivity index (χ3n) is 5.44. The van der Waals surface area contributed by atoms with Gasteiger partial charge in [-0.3, -0.25) is 14.4 Å². The van der Waals surface area contributed by atoms with Crippen molar-refractivity contribution in [2.24, 2.45) is 0 Å². The Morgan fingerprint density at radius 3 is 2.48 bits per heavy atom. The van der Waals surface area contributed by atoms with Crippen molar-refractivity contribution in [3.63, 3.8) is 0 Å². The zero-order valence-corrected chi connectivity index (χ0v) is 18.6. The molecule has 6 nitrogen and oxygen atoms in total. The summed E-state index contributed by atoms with van der Waals surface area (Å²) in [6.45, 7) is 1.60.